The summed E-state index contributed by atoms with van der Waals surface area (Å²) in [5.41, 5.74) is 14.6. The van der Waals surface area contributed by atoms with E-state index in [1.165, 1.54) is 27.8 Å². The maximum absolute atomic E-state index is 6.61. The van der Waals surface area contributed by atoms with Gasteiger partial charge in [-0.05, 0) is 75.8 Å². The molecule has 6 heteroatoms. The molecule has 0 fully saturated rings. The molecule has 0 bridgehead atoms. The number of benzene rings is 8. The average Bonchev–Trinajstić information content (AvgIpc) is 4.04. The predicted octanol–water partition coefficient (Wildman–Crippen LogP) is 14.5. The number of aromatic nitrogens is 3. The first kappa shape index (κ1) is 33.2. The molecule has 0 amide bonds. The number of para-hydroxylation sites is 3. The van der Waals surface area contributed by atoms with Crippen LogP contribution in [0.15, 0.2) is 177 Å². The van der Waals surface area contributed by atoms with Gasteiger partial charge in [0.2, 0.25) is 0 Å². The van der Waals surface area contributed by atoms with Crippen LogP contribution in [0.25, 0.3) is 122 Å². The summed E-state index contributed by atoms with van der Waals surface area (Å²) in [7, 11) is 0. The Labute approximate surface area is 343 Å². The second-order valence-corrected chi connectivity index (χ2v) is 16.3. The topological polar surface area (TPSA) is 78.1 Å². The normalized spacial score (nSPS) is 13.3. The van der Waals surface area contributed by atoms with Crippen LogP contribution in [0.1, 0.15) is 25.0 Å². The average molecular weight is 772 g/mol. The maximum Gasteiger partial charge on any atom is 0.167 e. The number of fused-ring (bicyclic) bond motifs is 12. The highest BCUT2D eigenvalue weighted by atomic mass is 16.3. The van der Waals surface area contributed by atoms with Gasteiger partial charge < -0.3 is 13.3 Å². The van der Waals surface area contributed by atoms with E-state index in [9.17, 15) is 0 Å². The largest absolute Gasteiger partial charge is 0.456 e. The molecule has 6 nitrogen and oxygen atoms in total. The predicted molar refractivity (Wildman–Crippen MR) is 241 cm³/mol. The monoisotopic (exact) mass is 771 g/mol. The zero-order valence-corrected chi connectivity index (χ0v) is 32.7. The molecule has 12 aromatic rings. The number of rotatable bonds is 4. The highest BCUT2D eigenvalue weighted by Gasteiger charge is 2.37. The molecular formula is C54H33N3O3. The number of furan rings is 3. The van der Waals surface area contributed by atoms with Crippen LogP contribution in [0.5, 0.6) is 0 Å². The van der Waals surface area contributed by atoms with Crippen LogP contribution in [0.2, 0.25) is 0 Å². The van der Waals surface area contributed by atoms with Crippen LogP contribution < -0.4 is 0 Å². The molecular weight excluding hydrogens is 739 g/mol. The molecule has 0 N–H and O–H groups in total. The molecule has 60 heavy (non-hydrogen) atoms. The van der Waals surface area contributed by atoms with E-state index in [1.807, 2.05) is 72.8 Å². The highest BCUT2D eigenvalue weighted by molar-refractivity contribution is 6.15. The maximum atomic E-state index is 6.61. The van der Waals surface area contributed by atoms with Gasteiger partial charge in [0.15, 0.2) is 17.5 Å². The summed E-state index contributed by atoms with van der Waals surface area (Å²) < 4.78 is 19.5. The van der Waals surface area contributed by atoms with Crippen molar-refractivity contribution in [2.24, 2.45) is 0 Å². The zero-order chi connectivity index (χ0) is 39.7. The van der Waals surface area contributed by atoms with Gasteiger partial charge in [0, 0.05) is 48.9 Å². The fourth-order valence-electron chi connectivity index (χ4n) is 9.89. The second-order valence-electron chi connectivity index (χ2n) is 16.3. The van der Waals surface area contributed by atoms with Crippen molar-refractivity contribution in [2.45, 2.75) is 19.3 Å². The van der Waals surface area contributed by atoms with Crippen molar-refractivity contribution in [2.75, 3.05) is 0 Å². The Morgan fingerprint density at radius 1 is 0.367 bits per heavy atom. The minimum absolute atomic E-state index is 0.162. The van der Waals surface area contributed by atoms with Gasteiger partial charge in [0.25, 0.3) is 0 Å². The van der Waals surface area contributed by atoms with Crippen molar-refractivity contribution in [3.8, 4) is 56.4 Å². The molecule has 0 spiro atoms. The second kappa shape index (κ2) is 12.1. The molecule has 4 heterocycles. The molecule has 13 rings (SSSR count). The first-order valence-electron chi connectivity index (χ1n) is 20.3. The van der Waals surface area contributed by atoms with Crippen LogP contribution in [-0.4, -0.2) is 15.0 Å². The fraction of sp³-hybridized carbons (Fsp3) is 0.0556. The van der Waals surface area contributed by atoms with E-state index in [0.717, 1.165) is 88.1 Å². The van der Waals surface area contributed by atoms with Crippen LogP contribution in [-0.2, 0) is 5.41 Å². The summed E-state index contributed by atoms with van der Waals surface area (Å²) >= 11 is 0. The molecule has 8 aromatic carbocycles. The molecule has 0 saturated carbocycles. The summed E-state index contributed by atoms with van der Waals surface area (Å²) in [4.78, 5) is 15.9. The Balaban J connectivity index is 1.07. The highest BCUT2D eigenvalue weighted by Crippen LogP contribution is 2.52. The molecule has 0 atom stereocenters. The minimum atomic E-state index is -0.162. The Morgan fingerprint density at radius 2 is 0.867 bits per heavy atom. The van der Waals surface area contributed by atoms with Crippen molar-refractivity contribution in [3.05, 3.63) is 175 Å². The first-order chi connectivity index (χ1) is 29.5. The van der Waals surface area contributed by atoms with Crippen molar-refractivity contribution in [1.29, 1.82) is 0 Å². The van der Waals surface area contributed by atoms with Crippen molar-refractivity contribution in [3.63, 3.8) is 0 Å². The lowest BCUT2D eigenvalue weighted by molar-refractivity contribution is 0.662. The first-order valence-corrected chi connectivity index (χ1v) is 20.3. The van der Waals surface area contributed by atoms with Crippen molar-refractivity contribution < 1.29 is 13.3 Å². The van der Waals surface area contributed by atoms with Gasteiger partial charge in [0.1, 0.15) is 33.5 Å². The lowest BCUT2D eigenvalue weighted by Crippen LogP contribution is -2.16. The molecule has 0 radical (unpaired) electrons. The zero-order valence-electron chi connectivity index (χ0n) is 32.7. The van der Waals surface area contributed by atoms with Gasteiger partial charge in [-0.15, -0.1) is 0 Å². The lowest BCUT2D eigenvalue weighted by Gasteiger charge is -2.24. The molecule has 0 aliphatic heterocycles. The van der Waals surface area contributed by atoms with Crippen LogP contribution in [0.3, 0.4) is 0 Å². The van der Waals surface area contributed by atoms with Gasteiger partial charge in [-0.1, -0.05) is 135 Å². The third-order valence-corrected chi connectivity index (χ3v) is 12.6. The number of hydrogen-bond acceptors (Lipinski definition) is 6. The summed E-state index contributed by atoms with van der Waals surface area (Å²) in [6.45, 7) is 4.67. The van der Waals surface area contributed by atoms with E-state index in [2.05, 4.69) is 105 Å². The summed E-state index contributed by atoms with van der Waals surface area (Å²) in [5, 5.41) is 5.94. The van der Waals surface area contributed by atoms with E-state index < -0.39 is 0 Å². The Hall–Kier alpha value is -7.83. The molecule has 1 aliphatic rings. The minimum Gasteiger partial charge on any atom is -0.456 e. The Bertz CT molecular complexity index is 3770. The molecule has 0 saturated heterocycles. The van der Waals surface area contributed by atoms with Gasteiger partial charge in [0.05, 0.1) is 5.56 Å². The third kappa shape index (κ3) is 4.61. The van der Waals surface area contributed by atoms with Crippen molar-refractivity contribution in [1.82, 2.24) is 15.0 Å². The van der Waals surface area contributed by atoms with E-state index in [-0.39, 0.29) is 5.41 Å². The summed E-state index contributed by atoms with van der Waals surface area (Å²) in [6.07, 6.45) is 0. The molecule has 1 aliphatic carbocycles. The van der Waals surface area contributed by atoms with Gasteiger partial charge >= 0.3 is 0 Å². The quantitative estimate of drug-likeness (QED) is 0.177. The molecule has 282 valence electrons. The number of nitrogens with zero attached hydrogens (tertiary/aromatic N) is 3. The van der Waals surface area contributed by atoms with Crippen LogP contribution in [0.4, 0.5) is 0 Å². The van der Waals surface area contributed by atoms with Crippen LogP contribution >= 0.6 is 0 Å². The Morgan fingerprint density at radius 3 is 1.63 bits per heavy atom. The van der Waals surface area contributed by atoms with E-state index in [0.29, 0.717) is 17.5 Å². The van der Waals surface area contributed by atoms with E-state index in [4.69, 9.17) is 28.2 Å². The molecule has 4 aromatic heterocycles. The third-order valence-electron chi connectivity index (χ3n) is 12.6. The van der Waals surface area contributed by atoms with E-state index >= 15 is 0 Å². The smallest absolute Gasteiger partial charge is 0.167 e. The van der Waals surface area contributed by atoms with Gasteiger partial charge in [-0.25, -0.2) is 15.0 Å². The molecule has 0 unspecified atom stereocenters. The van der Waals surface area contributed by atoms with Gasteiger partial charge in [-0.2, -0.15) is 0 Å². The van der Waals surface area contributed by atoms with Crippen molar-refractivity contribution >= 4 is 65.8 Å². The SMILES string of the molecule is CC1(C)c2ccccc2-c2cccc(-c3ccc4oc5cccc(-c6nc(-c7cccc8c7oc7ccccc78)nc(-c7cccc8oc9ccccc9c78)n6)c5c4c3)c21. The Kier molecular flexibility index (Phi) is 6.69. The number of hydrogen-bond donors (Lipinski definition) is 0. The summed E-state index contributed by atoms with van der Waals surface area (Å²) in [6, 6.07) is 56.6. The van der Waals surface area contributed by atoms with Gasteiger partial charge in [-0.3, -0.25) is 0 Å². The van der Waals surface area contributed by atoms with E-state index in [1.54, 1.807) is 0 Å². The summed E-state index contributed by atoms with van der Waals surface area (Å²) in [5.74, 6) is 1.58. The standard InChI is InChI=1S/C54H33N3O3/c1-54(2)41-22-6-3-13-32(41)34-17-9-16-31(49(34)54)30-27-28-44-40(29-30)48-38(20-12-26-46(48)59-44)52-55-51(37-19-11-25-45-47(37)36-15-5-8-24-43(36)58-45)56-53(57-52)39-21-10-18-35-33-14-4-7-23-42(33)60-50(35)39/h3-29H,1-2H3. The lowest BCUT2D eigenvalue weighted by atomic mass is 9.79. The fourth-order valence-corrected chi connectivity index (χ4v) is 9.89. The van der Waals surface area contributed by atoms with Crippen LogP contribution in [0, 0.1) is 0 Å².